The highest BCUT2D eigenvalue weighted by atomic mass is 16.5. The highest BCUT2D eigenvalue weighted by molar-refractivity contribution is 5.91. The van der Waals surface area contributed by atoms with Crippen LogP contribution in [0.2, 0.25) is 0 Å². The van der Waals surface area contributed by atoms with Gasteiger partial charge in [-0.25, -0.2) is 4.79 Å². The monoisotopic (exact) mass is 336 g/mol. The van der Waals surface area contributed by atoms with Crippen molar-refractivity contribution in [2.45, 2.75) is 0 Å². The van der Waals surface area contributed by atoms with Crippen LogP contribution in [0.5, 0.6) is 11.5 Å². The number of nitrogens with one attached hydrogen (secondary N) is 1. The van der Waals surface area contributed by atoms with Crippen molar-refractivity contribution in [2.24, 2.45) is 0 Å². The zero-order valence-corrected chi connectivity index (χ0v) is 15.0. The summed E-state index contributed by atoms with van der Waals surface area (Å²) in [7, 11) is 7.33. The van der Waals surface area contributed by atoms with Gasteiger partial charge >= 0.3 is 6.03 Å². The van der Waals surface area contributed by atoms with E-state index in [0.717, 1.165) is 39.3 Å². The van der Waals surface area contributed by atoms with Crippen LogP contribution in [0.4, 0.5) is 10.5 Å². The number of ether oxygens (including phenoxy) is 2. The van der Waals surface area contributed by atoms with Gasteiger partial charge < -0.3 is 24.6 Å². The Kier molecular flexibility index (Phi) is 6.69. The normalized spacial score (nSPS) is 15.5. The maximum absolute atomic E-state index is 12.5. The topological polar surface area (TPSA) is 57.3 Å². The number of urea groups is 1. The van der Waals surface area contributed by atoms with Crippen molar-refractivity contribution in [1.82, 2.24) is 14.7 Å². The number of methoxy groups -OCH3 is 2. The van der Waals surface area contributed by atoms with E-state index in [9.17, 15) is 4.79 Å². The molecule has 0 atom stereocenters. The zero-order valence-electron chi connectivity index (χ0n) is 15.0. The summed E-state index contributed by atoms with van der Waals surface area (Å²) in [6.07, 6.45) is 0. The maximum Gasteiger partial charge on any atom is 0.322 e. The lowest BCUT2D eigenvalue weighted by molar-refractivity contribution is 0.140. The summed E-state index contributed by atoms with van der Waals surface area (Å²) in [6, 6.07) is 5.25. The Bertz CT molecular complexity index is 543. The predicted octanol–water partition coefficient (Wildman–Crippen LogP) is 1.41. The van der Waals surface area contributed by atoms with Crippen LogP contribution < -0.4 is 14.8 Å². The van der Waals surface area contributed by atoms with Crippen LogP contribution in [0.1, 0.15) is 0 Å². The van der Waals surface area contributed by atoms with Crippen molar-refractivity contribution in [3.05, 3.63) is 18.2 Å². The summed E-state index contributed by atoms with van der Waals surface area (Å²) >= 11 is 0. The Morgan fingerprint density at radius 3 is 2.46 bits per heavy atom. The molecule has 0 radical (unpaired) electrons. The number of amides is 2. The van der Waals surface area contributed by atoms with E-state index in [2.05, 4.69) is 29.2 Å². The maximum atomic E-state index is 12.5. The van der Waals surface area contributed by atoms with Gasteiger partial charge in [-0.2, -0.15) is 0 Å². The average Bonchev–Trinajstić information content (AvgIpc) is 2.60. The number of benzene rings is 1. The molecule has 7 heteroatoms. The molecule has 2 amide bonds. The molecule has 2 rings (SSSR count). The SMILES string of the molecule is COc1ccc(OC)c(NC(=O)N2CCN(CCN(C)C)CC2)c1. The molecule has 24 heavy (non-hydrogen) atoms. The van der Waals surface area contributed by atoms with Gasteiger partial charge in [0.25, 0.3) is 0 Å². The minimum Gasteiger partial charge on any atom is -0.497 e. The van der Waals surface area contributed by atoms with Gasteiger partial charge in [0.15, 0.2) is 0 Å². The van der Waals surface area contributed by atoms with E-state index in [4.69, 9.17) is 9.47 Å². The van der Waals surface area contributed by atoms with Crippen molar-refractivity contribution in [3.8, 4) is 11.5 Å². The fraction of sp³-hybridized carbons (Fsp3) is 0.588. The van der Waals surface area contributed by atoms with E-state index in [1.165, 1.54) is 0 Å². The van der Waals surface area contributed by atoms with Crippen LogP contribution in [-0.2, 0) is 0 Å². The van der Waals surface area contributed by atoms with E-state index in [1.54, 1.807) is 32.4 Å². The molecule has 134 valence electrons. The first-order valence-corrected chi connectivity index (χ1v) is 8.18. The van der Waals surface area contributed by atoms with Gasteiger partial charge in [0.2, 0.25) is 0 Å². The summed E-state index contributed by atoms with van der Waals surface area (Å²) in [5.74, 6) is 1.30. The minimum atomic E-state index is -0.103. The molecule has 0 aliphatic carbocycles. The molecule has 7 nitrogen and oxygen atoms in total. The standard InChI is InChI=1S/C17H28N4O3/c1-19(2)7-8-20-9-11-21(12-10-20)17(22)18-15-13-14(23-3)5-6-16(15)24-4/h5-6,13H,7-12H2,1-4H3,(H,18,22). The van der Waals surface area contributed by atoms with Gasteiger partial charge in [-0.1, -0.05) is 0 Å². The van der Waals surface area contributed by atoms with E-state index >= 15 is 0 Å². The van der Waals surface area contributed by atoms with E-state index < -0.39 is 0 Å². The molecular weight excluding hydrogens is 308 g/mol. The molecule has 1 aromatic carbocycles. The highest BCUT2D eigenvalue weighted by Crippen LogP contribution is 2.29. The Hall–Kier alpha value is -1.99. The summed E-state index contributed by atoms with van der Waals surface area (Å²) < 4.78 is 10.5. The van der Waals surface area contributed by atoms with Gasteiger partial charge in [-0.15, -0.1) is 0 Å². The molecule has 0 unspecified atom stereocenters. The fourth-order valence-electron chi connectivity index (χ4n) is 2.62. The zero-order chi connectivity index (χ0) is 17.5. The first-order chi connectivity index (χ1) is 11.5. The van der Waals surface area contributed by atoms with Crippen LogP contribution in [0.25, 0.3) is 0 Å². The summed E-state index contributed by atoms with van der Waals surface area (Å²) in [5, 5.41) is 2.93. The smallest absolute Gasteiger partial charge is 0.322 e. The second-order valence-corrected chi connectivity index (χ2v) is 6.13. The van der Waals surface area contributed by atoms with Crippen molar-refractivity contribution in [1.29, 1.82) is 0 Å². The quantitative estimate of drug-likeness (QED) is 0.851. The Labute approximate surface area is 144 Å². The second kappa shape index (κ2) is 8.75. The second-order valence-electron chi connectivity index (χ2n) is 6.13. The third-order valence-electron chi connectivity index (χ3n) is 4.17. The number of nitrogens with zero attached hydrogens (tertiary/aromatic N) is 3. The largest absolute Gasteiger partial charge is 0.497 e. The van der Waals surface area contributed by atoms with Crippen molar-refractivity contribution in [2.75, 3.05) is 72.9 Å². The van der Waals surface area contributed by atoms with Gasteiger partial charge in [0.1, 0.15) is 11.5 Å². The molecule has 1 aliphatic heterocycles. The number of hydrogen-bond acceptors (Lipinski definition) is 5. The van der Waals surface area contributed by atoms with E-state index in [-0.39, 0.29) is 6.03 Å². The van der Waals surface area contributed by atoms with Crippen molar-refractivity contribution >= 4 is 11.7 Å². The summed E-state index contributed by atoms with van der Waals surface area (Å²) in [4.78, 5) is 18.9. The Morgan fingerprint density at radius 2 is 1.88 bits per heavy atom. The van der Waals surface area contributed by atoms with Crippen LogP contribution >= 0.6 is 0 Å². The number of carbonyl (C=O) groups is 1. The molecule has 0 bridgehead atoms. The van der Waals surface area contributed by atoms with Gasteiger partial charge in [-0.05, 0) is 26.2 Å². The summed E-state index contributed by atoms with van der Waals surface area (Å²) in [5.41, 5.74) is 0.622. The first-order valence-electron chi connectivity index (χ1n) is 8.18. The molecule has 1 saturated heterocycles. The number of piperazine rings is 1. The molecule has 1 aromatic rings. The van der Waals surface area contributed by atoms with E-state index in [0.29, 0.717) is 17.2 Å². The van der Waals surface area contributed by atoms with Crippen LogP contribution in [-0.4, -0.2) is 88.3 Å². The van der Waals surface area contributed by atoms with Crippen LogP contribution in [0.15, 0.2) is 18.2 Å². The minimum absolute atomic E-state index is 0.103. The van der Waals surface area contributed by atoms with Crippen LogP contribution in [0, 0.1) is 0 Å². The Morgan fingerprint density at radius 1 is 1.17 bits per heavy atom. The lowest BCUT2D eigenvalue weighted by atomic mass is 10.2. The summed E-state index contributed by atoms with van der Waals surface area (Å²) in [6.45, 7) is 5.32. The fourth-order valence-corrected chi connectivity index (χ4v) is 2.62. The van der Waals surface area contributed by atoms with Crippen LogP contribution in [0.3, 0.4) is 0 Å². The molecule has 0 spiro atoms. The first kappa shape index (κ1) is 18.4. The molecule has 0 saturated carbocycles. The lowest BCUT2D eigenvalue weighted by Gasteiger charge is -2.35. The molecule has 1 aliphatic rings. The molecule has 1 fully saturated rings. The van der Waals surface area contributed by atoms with E-state index in [1.807, 2.05) is 4.90 Å². The van der Waals surface area contributed by atoms with Crippen molar-refractivity contribution < 1.29 is 14.3 Å². The molecular formula is C17H28N4O3. The molecule has 1 heterocycles. The lowest BCUT2D eigenvalue weighted by Crippen LogP contribution is -2.51. The Balaban J connectivity index is 1.90. The number of rotatable bonds is 6. The number of anilines is 1. The number of carbonyl (C=O) groups excluding carboxylic acids is 1. The van der Waals surface area contributed by atoms with Crippen molar-refractivity contribution in [3.63, 3.8) is 0 Å². The van der Waals surface area contributed by atoms with Gasteiger partial charge in [0.05, 0.1) is 19.9 Å². The highest BCUT2D eigenvalue weighted by Gasteiger charge is 2.21. The number of hydrogen-bond donors (Lipinski definition) is 1. The third-order valence-corrected chi connectivity index (χ3v) is 4.17. The predicted molar refractivity (Wildman–Crippen MR) is 95.1 cm³/mol. The third kappa shape index (κ3) is 5.01. The van der Waals surface area contributed by atoms with Gasteiger partial charge in [-0.3, -0.25) is 4.90 Å². The van der Waals surface area contributed by atoms with Gasteiger partial charge in [0, 0.05) is 45.3 Å². The molecule has 1 N–H and O–H groups in total. The number of likely N-dealkylation sites (N-methyl/N-ethyl adjacent to an activating group) is 1. The average molecular weight is 336 g/mol. The molecule has 0 aromatic heterocycles.